The first-order valence-electron chi connectivity index (χ1n) is 6.91. The molecule has 1 rings (SSSR count). The van der Waals surface area contributed by atoms with Gasteiger partial charge in [-0.25, -0.2) is 0 Å². The average molecular weight is 242 g/mol. The van der Waals surface area contributed by atoms with E-state index in [1.807, 2.05) is 12.2 Å². The van der Waals surface area contributed by atoms with Crippen LogP contribution in [0.2, 0.25) is 0 Å². The smallest absolute Gasteiger partial charge is 0.0213 e. The fourth-order valence-corrected chi connectivity index (χ4v) is 2.38. The molecule has 0 aromatic rings. The average Bonchev–Trinajstić information content (AvgIpc) is 2.88. The van der Waals surface area contributed by atoms with E-state index in [1.54, 1.807) is 5.57 Å². The first-order valence-corrected chi connectivity index (χ1v) is 6.91. The van der Waals surface area contributed by atoms with Crippen LogP contribution in [0.5, 0.6) is 0 Å². The van der Waals surface area contributed by atoms with E-state index in [4.69, 9.17) is 0 Å². The third kappa shape index (κ3) is 4.18. The van der Waals surface area contributed by atoms with Crippen LogP contribution in [0.1, 0.15) is 46.5 Å². The van der Waals surface area contributed by atoms with Crippen LogP contribution < -0.4 is 0 Å². The van der Waals surface area contributed by atoms with Gasteiger partial charge in [-0.3, -0.25) is 0 Å². The van der Waals surface area contributed by atoms with E-state index in [1.165, 1.54) is 36.0 Å². The van der Waals surface area contributed by atoms with Gasteiger partial charge in [0.2, 0.25) is 0 Å². The maximum absolute atomic E-state index is 3.90. The van der Waals surface area contributed by atoms with Crippen LogP contribution in [0.4, 0.5) is 0 Å². The van der Waals surface area contributed by atoms with Gasteiger partial charge in [0, 0.05) is 0 Å². The van der Waals surface area contributed by atoms with Crippen molar-refractivity contribution in [3.05, 3.63) is 59.8 Å². The Balaban J connectivity index is 3.05. The summed E-state index contributed by atoms with van der Waals surface area (Å²) in [6.45, 7) is 14.3. The van der Waals surface area contributed by atoms with Crippen molar-refractivity contribution in [2.24, 2.45) is 5.92 Å². The van der Waals surface area contributed by atoms with Crippen LogP contribution in [0.3, 0.4) is 0 Å². The first-order chi connectivity index (χ1) is 8.58. The molecule has 98 valence electrons. The van der Waals surface area contributed by atoms with Crippen LogP contribution in [-0.2, 0) is 0 Å². The summed E-state index contributed by atoms with van der Waals surface area (Å²) in [5, 5.41) is 0. The van der Waals surface area contributed by atoms with Crippen molar-refractivity contribution in [2.75, 3.05) is 0 Å². The largest absolute Gasteiger partial charge is 0.103 e. The Morgan fingerprint density at radius 2 is 2.11 bits per heavy atom. The van der Waals surface area contributed by atoms with Crippen molar-refractivity contribution >= 4 is 0 Å². The Labute approximate surface area is 112 Å². The van der Waals surface area contributed by atoms with Gasteiger partial charge in [0.05, 0.1) is 0 Å². The number of hydrogen-bond acceptors (Lipinski definition) is 0. The molecular formula is C18H26. The molecule has 0 aromatic heterocycles. The molecule has 1 aliphatic rings. The van der Waals surface area contributed by atoms with Crippen molar-refractivity contribution in [2.45, 2.75) is 46.5 Å². The van der Waals surface area contributed by atoms with Crippen LogP contribution >= 0.6 is 0 Å². The van der Waals surface area contributed by atoms with Gasteiger partial charge in [-0.2, -0.15) is 0 Å². The van der Waals surface area contributed by atoms with Crippen LogP contribution in [0, 0.1) is 5.92 Å². The molecule has 0 fully saturated rings. The van der Waals surface area contributed by atoms with Gasteiger partial charge in [0.25, 0.3) is 0 Å². The lowest BCUT2D eigenvalue weighted by Crippen LogP contribution is -1.98. The second kappa shape index (κ2) is 7.20. The highest BCUT2D eigenvalue weighted by Gasteiger charge is 2.13. The first kappa shape index (κ1) is 14.8. The van der Waals surface area contributed by atoms with Crippen LogP contribution in [0.15, 0.2) is 59.8 Å². The third-order valence-corrected chi connectivity index (χ3v) is 3.60. The maximum atomic E-state index is 3.90. The number of rotatable bonds is 6. The SMILES string of the molecule is C=C/C(C)=C/C(C)=C(/C[C@H](C)C=C)C1=CCCC1. The highest BCUT2D eigenvalue weighted by molar-refractivity contribution is 5.42. The zero-order valence-electron chi connectivity index (χ0n) is 12.1. The highest BCUT2D eigenvalue weighted by Crippen LogP contribution is 2.32. The van der Waals surface area contributed by atoms with Gasteiger partial charge in [-0.1, -0.05) is 43.4 Å². The lowest BCUT2D eigenvalue weighted by Gasteiger charge is -2.15. The summed E-state index contributed by atoms with van der Waals surface area (Å²) in [6.07, 6.45) is 13.5. The summed E-state index contributed by atoms with van der Waals surface area (Å²) in [5.41, 5.74) is 5.68. The second-order valence-electron chi connectivity index (χ2n) is 5.29. The van der Waals surface area contributed by atoms with Crippen molar-refractivity contribution in [3.8, 4) is 0 Å². The summed E-state index contributed by atoms with van der Waals surface area (Å²) < 4.78 is 0. The Morgan fingerprint density at radius 1 is 1.39 bits per heavy atom. The van der Waals surface area contributed by atoms with Crippen molar-refractivity contribution in [1.82, 2.24) is 0 Å². The minimum Gasteiger partial charge on any atom is -0.103 e. The van der Waals surface area contributed by atoms with E-state index in [2.05, 4.69) is 46.1 Å². The lowest BCUT2D eigenvalue weighted by atomic mass is 9.90. The molecule has 0 radical (unpaired) electrons. The van der Waals surface area contributed by atoms with Crippen LogP contribution in [0.25, 0.3) is 0 Å². The topological polar surface area (TPSA) is 0 Å². The lowest BCUT2D eigenvalue weighted by molar-refractivity contribution is 0.713. The van der Waals surface area contributed by atoms with E-state index in [0.717, 1.165) is 6.42 Å². The molecule has 0 heteroatoms. The summed E-state index contributed by atoms with van der Waals surface area (Å²) in [6, 6.07) is 0. The highest BCUT2D eigenvalue weighted by atomic mass is 14.2. The van der Waals surface area contributed by atoms with Crippen molar-refractivity contribution in [3.63, 3.8) is 0 Å². The van der Waals surface area contributed by atoms with E-state index in [-0.39, 0.29) is 0 Å². The summed E-state index contributed by atoms with van der Waals surface area (Å²) in [5.74, 6) is 0.536. The van der Waals surface area contributed by atoms with Gasteiger partial charge in [-0.15, -0.1) is 6.58 Å². The molecule has 0 aromatic carbocycles. The molecular weight excluding hydrogens is 216 g/mol. The summed E-state index contributed by atoms with van der Waals surface area (Å²) in [7, 11) is 0. The van der Waals surface area contributed by atoms with Crippen molar-refractivity contribution in [1.29, 1.82) is 0 Å². The quantitative estimate of drug-likeness (QED) is 0.410. The fraction of sp³-hybridized carbons (Fsp3) is 0.444. The minimum absolute atomic E-state index is 0.536. The second-order valence-corrected chi connectivity index (χ2v) is 5.29. The molecule has 0 aliphatic heterocycles. The summed E-state index contributed by atoms with van der Waals surface area (Å²) >= 11 is 0. The Morgan fingerprint density at radius 3 is 2.61 bits per heavy atom. The zero-order valence-corrected chi connectivity index (χ0v) is 12.1. The molecule has 1 atom stereocenters. The molecule has 0 saturated heterocycles. The normalized spacial score (nSPS) is 19.1. The minimum atomic E-state index is 0.536. The molecule has 0 bridgehead atoms. The van der Waals surface area contributed by atoms with E-state index < -0.39 is 0 Å². The molecule has 18 heavy (non-hydrogen) atoms. The molecule has 0 unspecified atom stereocenters. The van der Waals surface area contributed by atoms with Gasteiger partial charge >= 0.3 is 0 Å². The summed E-state index contributed by atoms with van der Waals surface area (Å²) in [4.78, 5) is 0. The monoisotopic (exact) mass is 242 g/mol. The number of hydrogen-bond donors (Lipinski definition) is 0. The van der Waals surface area contributed by atoms with Gasteiger partial charge in [0.1, 0.15) is 0 Å². The van der Waals surface area contributed by atoms with Gasteiger partial charge < -0.3 is 0 Å². The molecule has 0 saturated carbocycles. The molecule has 0 spiro atoms. The Kier molecular flexibility index (Phi) is 5.91. The zero-order chi connectivity index (χ0) is 13.5. The van der Waals surface area contributed by atoms with E-state index in [9.17, 15) is 0 Å². The fourth-order valence-electron chi connectivity index (χ4n) is 2.38. The van der Waals surface area contributed by atoms with Crippen LogP contribution in [-0.4, -0.2) is 0 Å². The molecule has 1 aliphatic carbocycles. The Hall–Kier alpha value is -1.30. The standard InChI is InChI=1S/C18H26/c1-6-14(3)12-16(5)18(13-15(4)7-2)17-10-8-9-11-17/h6-7,10,12,15H,1-2,8-9,11,13H2,3-5H3/b14-12+,18-16-/t15-/m1/s1. The molecule has 0 amide bonds. The Bertz CT molecular complexity index is 402. The van der Waals surface area contributed by atoms with Crippen molar-refractivity contribution < 1.29 is 0 Å². The van der Waals surface area contributed by atoms with E-state index in [0.29, 0.717) is 5.92 Å². The third-order valence-electron chi connectivity index (χ3n) is 3.60. The molecule has 0 heterocycles. The molecule has 0 N–H and O–H groups in total. The number of allylic oxidation sites excluding steroid dienone is 8. The van der Waals surface area contributed by atoms with Gasteiger partial charge in [-0.05, 0) is 62.2 Å². The van der Waals surface area contributed by atoms with Gasteiger partial charge in [0.15, 0.2) is 0 Å². The predicted octanol–water partition coefficient (Wildman–Crippen LogP) is 5.76. The molecule has 0 nitrogen and oxygen atoms in total. The predicted molar refractivity (Wildman–Crippen MR) is 82.6 cm³/mol. The maximum Gasteiger partial charge on any atom is -0.0213 e. The van der Waals surface area contributed by atoms with E-state index >= 15 is 0 Å².